The number of nitrogens with zero attached hydrogens (tertiary/aromatic N) is 1. The first-order valence-electron chi connectivity index (χ1n) is 24.9. The zero-order valence-electron chi connectivity index (χ0n) is 42.1. The third-order valence-electron chi connectivity index (χ3n) is 13.3. The number of hydrogen-bond donors (Lipinski definition) is 14. The quantitative estimate of drug-likeness (QED) is 0.0697. The number of carbonyl (C=O) groups excluding carboxylic acids is 10. The van der Waals surface area contributed by atoms with Crippen LogP contribution in [-0.2, 0) is 65.2 Å². The van der Waals surface area contributed by atoms with Crippen molar-refractivity contribution in [3.63, 3.8) is 0 Å². The Hall–Kier alpha value is -6.75. The molecule has 5 rings (SSSR count). The van der Waals surface area contributed by atoms with E-state index in [1.807, 2.05) is 0 Å². The van der Waals surface area contributed by atoms with Crippen LogP contribution in [0, 0.1) is 11.8 Å². The number of amides is 10. The Morgan fingerprint density at radius 2 is 1.59 bits per heavy atom. The number of aromatic nitrogens is 1. The second-order valence-electron chi connectivity index (χ2n) is 18.9. The smallest absolute Gasteiger partial charge is 0.246 e. The predicted molar refractivity (Wildman–Crippen MR) is 267 cm³/mol. The highest BCUT2D eigenvalue weighted by Gasteiger charge is 2.45. The number of nitrogens with two attached hydrogens (primary N) is 2. The van der Waals surface area contributed by atoms with Crippen LogP contribution in [-0.4, -0.2) is 189 Å². The molecule has 0 aliphatic carbocycles. The summed E-state index contributed by atoms with van der Waals surface area (Å²) in [7, 11) is -2.40. The molecule has 4 heterocycles. The Morgan fingerprint density at radius 1 is 0.880 bits per heavy atom. The van der Waals surface area contributed by atoms with Crippen LogP contribution in [0.25, 0.3) is 10.9 Å². The summed E-state index contributed by atoms with van der Waals surface area (Å²) in [5, 5.41) is 51.8. The van der Waals surface area contributed by atoms with Gasteiger partial charge in [0.15, 0.2) is 0 Å². The van der Waals surface area contributed by atoms with Gasteiger partial charge in [-0.15, -0.1) is 0 Å². The molecule has 11 atom stereocenters. The van der Waals surface area contributed by atoms with Crippen molar-refractivity contribution in [2.24, 2.45) is 23.3 Å². The molecule has 11 unspecified atom stereocenters. The van der Waals surface area contributed by atoms with Gasteiger partial charge in [-0.1, -0.05) is 27.2 Å². The van der Waals surface area contributed by atoms with Gasteiger partial charge in [0.1, 0.15) is 47.0 Å². The van der Waals surface area contributed by atoms with Crippen molar-refractivity contribution in [2.45, 2.75) is 126 Å². The van der Waals surface area contributed by atoms with E-state index in [0.717, 1.165) is 4.90 Å². The van der Waals surface area contributed by atoms with E-state index >= 15 is 0 Å². The summed E-state index contributed by atoms with van der Waals surface area (Å²) >= 11 is 0. The lowest BCUT2D eigenvalue weighted by Gasteiger charge is -2.32. The van der Waals surface area contributed by atoms with Gasteiger partial charge in [-0.2, -0.15) is 0 Å². The number of unbranched alkanes of at least 4 members (excludes halogenated alkanes) is 2. The normalized spacial score (nSPS) is 25.9. The number of rotatable bonds is 16. The number of hydrogen-bond acceptors (Lipinski definition) is 16. The molecule has 0 spiro atoms. The molecule has 16 N–H and O–H groups in total. The maximum atomic E-state index is 14.9. The van der Waals surface area contributed by atoms with Crippen LogP contribution in [0.15, 0.2) is 23.2 Å². The standard InChI is InChI=1S/C47H70N12O15S/c1-4-23(2)39-44(70)52-18-37(65)53-32-22-75(73)46-28(27-10-9-26(15-29(27)56-46)74-13-7-5-6-8-36(64)50-12-11-48)16-30(41(67)51-19-38(66)57-39)54-45(71)40(24(3)34(62)21-60)58-43(69)33-14-25(61)20-59(33)47(72)31(17-35(49)63)55-42(32)68/h9-10,15,23-25,30-34,39-40,56,60-62H,4-8,11-14,16-22,48H2,1-3H3,(H2,49,63)(H,50,64)(H,51,67)(H,52,70)(H,53,65)(H,54,71)(H,55,68)(H,57,66)(H,58,69). The van der Waals surface area contributed by atoms with Gasteiger partial charge >= 0.3 is 0 Å². The molecular weight excluding hydrogens is 1000 g/mol. The molecular formula is C47H70N12O15S. The molecule has 75 heavy (non-hydrogen) atoms. The van der Waals surface area contributed by atoms with E-state index in [4.69, 9.17) is 16.2 Å². The topological polar surface area (TPSA) is 425 Å². The van der Waals surface area contributed by atoms with Gasteiger partial charge in [-0.25, -0.2) is 0 Å². The minimum atomic E-state index is -2.40. The molecule has 0 saturated carbocycles. The number of fused-ring (bicyclic) bond motifs is 5. The second-order valence-corrected chi connectivity index (χ2v) is 20.4. The zero-order chi connectivity index (χ0) is 55.1. The summed E-state index contributed by atoms with van der Waals surface area (Å²) in [6.07, 6.45) is -2.33. The van der Waals surface area contributed by atoms with Gasteiger partial charge in [-0.05, 0) is 42.9 Å². The number of carbonyl (C=O) groups is 10. The molecule has 27 nitrogen and oxygen atoms in total. The molecule has 1 fully saturated rings. The number of primary amides is 1. The summed E-state index contributed by atoms with van der Waals surface area (Å²) in [6.45, 7) is 2.68. The van der Waals surface area contributed by atoms with Gasteiger partial charge < -0.3 is 83.9 Å². The minimum Gasteiger partial charge on any atom is -0.494 e. The molecule has 2 aromatic rings. The van der Waals surface area contributed by atoms with Gasteiger partial charge in [0.2, 0.25) is 59.1 Å². The highest BCUT2D eigenvalue weighted by atomic mass is 32.2. The lowest BCUT2D eigenvalue weighted by Crippen LogP contribution is -2.62. The van der Waals surface area contributed by atoms with Crippen LogP contribution in [0.1, 0.15) is 71.3 Å². The Balaban J connectivity index is 1.67. The minimum absolute atomic E-state index is 0.117. The first-order valence-corrected chi connectivity index (χ1v) is 26.2. The fourth-order valence-corrected chi connectivity index (χ4v) is 10.2. The van der Waals surface area contributed by atoms with Crippen LogP contribution in [0.4, 0.5) is 0 Å². The number of ether oxygens (including phenoxy) is 1. The molecule has 2 bridgehead atoms. The first-order chi connectivity index (χ1) is 35.6. The van der Waals surface area contributed by atoms with Crippen molar-refractivity contribution in [3.8, 4) is 5.75 Å². The third kappa shape index (κ3) is 16.1. The first kappa shape index (κ1) is 59.1. The number of nitrogens with one attached hydrogen (secondary N) is 9. The number of aliphatic hydroxyl groups excluding tert-OH is 3. The van der Waals surface area contributed by atoms with Crippen LogP contribution >= 0.6 is 0 Å². The summed E-state index contributed by atoms with van der Waals surface area (Å²) in [5.41, 5.74) is 11.4. The predicted octanol–water partition coefficient (Wildman–Crippen LogP) is -5.61. The molecule has 1 aromatic carbocycles. The number of benzene rings is 1. The van der Waals surface area contributed by atoms with E-state index in [2.05, 4.69) is 47.5 Å². The van der Waals surface area contributed by atoms with Crippen LogP contribution in [0.5, 0.6) is 5.75 Å². The summed E-state index contributed by atoms with van der Waals surface area (Å²) in [6, 6.07) is -5.28. The molecule has 1 saturated heterocycles. The molecule has 1 aromatic heterocycles. The Bertz CT molecular complexity index is 2470. The molecule has 3 aliphatic heterocycles. The van der Waals surface area contributed by atoms with E-state index in [0.29, 0.717) is 56.3 Å². The summed E-state index contributed by atoms with van der Waals surface area (Å²) in [4.78, 5) is 141. The lowest BCUT2D eigenvalue weighted by molar-refractivity contribution is -0.144. The highest BCUT2D eigenvalue weighted by Crippen LogP contribution is 2.31. The van der Waals surface area contributed by atoms with Gasteiger partial charge in [-0.3, -0.25) is 52.2 Å². The number of H-pyrrole nitrogens is 1. The lowest BCUT2D eigenvalue weighted by atomic mass is 9.93. The Labute approximate surface area is 434 Å². The SMILES string of the molecule is CCC(C)C1NC(=O)CNC(=O)C2Cc3c([nH]c4cc(OCCCCCC(=O)NCCN)ccc34)S(=O)CC(NC(=O)CNC1=O)C(=O)NC(CC(N)=O)C(=O)N1CC(O)CC1C(=O)NC(C(C)C(O)CO)C(=O)N2. The largest absolute Gasteiger partial charge is 0.494 e. The van der Waals surface area contributed by atoms with Crippen molar-refractivity contribution < 1.29 is 72.2 Å². The monoisotopic (exact) mass is 1070 g/mol. The van der Waals surface area contributed by atoms with E-state index in [1.54, 1.807) is 32.0 Å². The van der Waals surface area contributed by atoms with Crippen molar-refractivity contribution in [2.75, 3.05) is 51.7 Å². The van der Waals surface area contributed by atoms with E-state index in [1.165, 1.54) is 6.92 Å². The van der Waals surface area contributed by atoms with Gasteiger partial charge in [0.05, 0.1) is 67.0 Å². The van der Waals surface area contributed by atoms with Crippen molar-refractivity contribution in [1.82, 2.24) is 52.4 Å². The third-order valence-corrected chi connectivity index (χ3v) is 14.7. The fraction of sp³-hybridized carbons (Fsp3) is 0.617. The Kier molecular flexibility index (Phi) is 21.8. The van der Waals surface area contributed by atoms with E-state index in [-0.39, 0.29) is 28.6 Å². The Morgan fingerprint density at radius 3 is 2.27 bits per heavy atom. The molecule has 0 radical (unpaired) electrons. The average Bonchev–Trinajstić information content (AvgIpc) is 3.95. The second kappa shape index (κ2) is 27.7. The fourth-order valence-electron chi connectivity index (χ4n) is 8.84. The number of aromatic amines is 1. The van der Waals surface area contributed by atoms with Crippen LogP contribution in [0.3, 0.4) is 0 Å². The van der Waals surface area contributed by atoms with Crippen molar-refractivity contribution in [1.29, 1.82) is 0 Å². The van der Waals surface area contributed by atoms with Crippen molar-refractivity contribution in [3.05, 3.63) is 23.8 Å². The van der Waals surface area contributed by atoms with E-state index < -0.39 is 176 Å². The summed E-state index contributed by atoms with van der Waals surface area (Å²) < 4.78 is 21.0. The van der Waals surface area contributed by atoms with Gasteiger partial charge in [0.25, 0.3) is 0 Å². The zero-order valence-corrected chi connectivity index (χ0v) is 42.9. The maximum absolute atomic E-state index is 14.9. The van der Waals surface area contributed by atoms with Gasteiger partial charge in [0, 0.05) is 56.3 Å². The number of aliphatic hydroxyl groups is 3. The van der Waals surface area contributed by atoms with E-state index in [9.17, 15) is 67.5 Å². The summed E-state index contributed by atoms with van der Waals surface area (Å²) in [5.74, 6) is -11.6. The highest BCUT2D eigenvalue weighted by molar-refractivity contribution is 7.85. The average molecular weight is 1080 g/mol. The van der Waals surface area contributed by atoms with Crippen LogP contribution in [0.2, 0.25) is 0 Å². The van der Waals surface area contributed by atoms with Crippen molar-refractivity contribution >= 4 is 80.8 Å². The maximum Gasteiger partial charge on any atom is 0.246 e. The molecule has 28 heteroatoms. The van der Waals surface area contributed by atoms with Crippen LogP contribution < -0.4 is 58.7 Å². The molecule has 10 amide bonds. The molecule has 3 aliphatic rings. The molecule has 414 valence electrons.